The molecule has 27 heavy (non-hydrogen) atoms. The molecule has 1 atom stereocenters. The number of carbonyl (C=O) groups excluding carboxylic acids is 1. The fourth-order valence-electron chi connectivity index (χ4n) is 3.87. The Balaban J connectivity index is 1.39. The summed E-state index contributed by atoms with van der Waals surface area (Å²) in [5.41, 5.74) is 0. The average molecular weight is 379 g/mol. The van der Waals surface area contributed by atoms with Crippen molar-refractivity contribution >= 4 is 5.91 Å². The first-order valence-corrected chi connectivity index (χ1v) is 10.3. The minimum absolute atomic E-state index is 0.0974. The SMILES string of the molecule is CN(C)CCn1ccnc1C1CCN(C(=O)COC[C@H]2CCCCO2)CC1. The number of ether oxygens (including phenoxy) is 2. The lowest BCUT2D eigenvalue weighted by atomic mass is 9.96. The van der Waals surface area contributed by atoms with Gasteiger partial charge in [-0.25, -0.2) is 4.98 Å². The van der Waals surface area contributed by atoms with Gasteiger partial charge in [0.05, 0.1) is 12.7 Å². The molecule has 0 aliphatic carbocycles. The lowest BCUT2D eigenvalue weighted by molar-refractivity contribution is -0.139. The van der Waals surface area contributed by atoms with Gasteiger partial charge < -0.3 is 23.8 Å². The molecular formula is C20H34N4O3. The van der Waals surface area contributed by atoms with Gasteiger partial charge in [-0.05, 0) is 46.2 Å². The molecule has 3 heterocycles. The van der Waals surface area contributed by atoms with E-state index < -0.39 is 0 Å². The highest BCUT2D eigenvalue weighted by molar-refractivity contribution is 5.77. The monoisotopic (exact) mass is 378 g/mol. The smallest absolute Gasteiger partial charge is 0.248 e. The zero-order valence-corrected chi connectivity index (χ0v) is 16.8. The molecule has 0 unspecified atom stereocenters. The Morgan fingerprint density at radius 1 is 1.30 bits per heavy atom. The summed E-state index contributed by atoms with van der Waals surface area (Å²) in [7, 11) is 4.17. The van der Waals surface area contributed by atoms with Crippen molar-refractivity contribution < 1.29 is 14.3 Å². The van der Waals surface area contributed by atoms with E-state index in [9.17, 15) is 4.79 Å². The Kier molecular flexibility index (Phi) is 7.67. The van der Waals surface area contributed by atoms with E-state index >= 15 is 0 Å². The molecule has 2 aliphatic heterocycles. The zero-order valence-electron chi connectivity index (χ0n) is 16.8. The summed E-state index contributed by atoms with van der Waals surface area (Å²) in [5.74, 6) is 1.69. The van der Waals surface area contributed by atoms with E-state index in [-0.39, 0.29) is 18.6 Å². The van der Waals surface area contributed by atoms with Crippen LogP contribution in [0, 0.1) is 0 Å². The van der Waals surface area contributed by atoms with Crippen LogP contribution in [0.5, 0.6) is 0 Å². The van der Waals surface area contributed by atoms with Crippen LogP contribution in [0.25, 0.3) is 0 Å². The van der Waals surface area contributed by atoms with Crippen LogP contribution in [-0.2, 0) is 20.8 Å². The second-order valence-electron chi connectivity index (χ2n) is 7.94. The first-order chi connectivity index (χ1) is 13.1. The third kappa shape index (κ3) is 6.02. The first-order valence-electron chi connectivity index (χ1n) is 10.3. The number of piperidine rings is 1. The molecule has 1 amide bonds. The quantitative estimate of drug-likeness (QED) is 0.690. The minimum Gasteiger partial charge on any atom is -0.376 e. The van der Waals surface area contributed by atoms with Gasteiger partial charge in [0.25, 0.3) is 0 Å². The number of imidazole rings is 1. The highest BCUT2D eigenvalue weighted by atomic mass is 16.5. The summed E-state index contributed by atoms with van der Waals surface area (Å²) in [5, 5.41) is 0. The molecule has 0 saturated carbocycles. The number of amides is 1. The molecule has 2 aliphatic rings. The summed E-state index contributed by atoms with van der Waals surface area (Å²) in [6.45, 7) is 5.05. The molecule has 1 aromatic rings. The Bertz CT molecular complexity index is 576. The van der Waals surface area contributed by atoms with Crippen molar-refractivity contribution in [2.24, 2.45) is 0 Å². The fourth-order valence-corrected chi connectivity index (χ4v) is 3.87. The van der Waals surface area contributed by atoms with Crippen LogP contribution in [0.15, 0.2) is 12.4 Å². The molecule has 0 aromatic carbocycles. The van der Waals surface area contributed by atoms with E-state index in [4.69, 9.17) is 9.47 Å². The van der Waals surface area contributed by atoms with Crippen molar-refractivity contribution in [1.29, 1.82) is 0 Å². The topological polar surface area (TPSA) is 59.8 Å². The van der Waals surface area contributed by atoms with E-state index in [1.54, 1.807) is 0 Å². The van der Waals surface area contributed by atoms with E-state index in [1.807, 2.05) is 11.1 Å². The molecule has 0 bridgehead atoms. The maximum absolute atomic E-state index is 12.4. The molecule has 2 saturated heterocycles. The first kappa shape index (κ1) is 20.3. The molecule has 2 fully saturated rings. The van der Waals surface area contributed by atoms with Crippen molar-refractivity contribution in [2.45, 2.75) is 50.7 Å². The molecule has 3 rings (SSSR count). The summed E-state index contributed by atoms with van der Waals surface area (Å²) in [6, 6.07) is 0. The van der Waals surface area contributed by atoms with Crippen LogP contribution in [0.2, 0.25) is 0 Å². The predicted octanol–water partition coefficient (Wildman–Crippen LogP) is 1.74. The molecule has 1 aromatic heterocycles. The summed E-state index contributed by atoms with van der Waals surface area (Å²) in [4.78, 5) is 21.1. The molecular weight excluding hydrogens is 344 g/mol. The molecule has 7 heteroatoms. The van der Waals surface area contributed by atoms with Crippen molar-refractivity contribution in [3.8, 4) is 0 Å². The van der Waals surface area contributed by atoms with Gasteiger partial charge in [-0.2, -0.15) is 0 Å². The van der Waals surface area contributed by atoms with Gasteiger partial charge in [-0.3, -0.25) is 4.79 Å². The number of aromatic nitrogens is 2. The van der Waals surface area contributed by atoms with E-state index in [2.05, 4.69) is 34.7 Å². The van der Waals surface area contributed by atoms with Gasteiger partial charge in [-0.15, -0.1) is 0 Å². The lowest BCUT2D eigenvalue weighted by Gasteiger charge is -2.32. The standard InChI is InChI=1S/C20H34N4O3/c1-22(2)12-13-24-11-8-21-20(24)17-6-9-23(10-7-17)19(25)16-26-15-18-5-3-4-14-27-18/h8,11,17-18H,3-7,9-10,12-16H2,1-2H3/t18-/m1/s1. The predicted molar refractivity (Wildman–Crippen MR) is 104 cm³/mol. The van der Waals surface area contributed by atoms with Crippen molar-refractivity contribution in [3.05, 3.63) is 18.2 Å². The fraction of sp³-hybridized carbons (Fsp3) is 0.800. The Hall–Kier alpha value is -1.44. The Morgan fingerprint density at radius 2 is 2.11 bits per heavy atom. The molecule has 0 radical (unpaired) electrons. The normalized spacial score (nSPS) is 21.7. The second kappa shape index (κ2) is 10.2. The number of hydrogen-bond donors (Lipinski definition) is 0. The summed E-state index contributed by atoms with van der Waals surface area (Å²) in [6.07, 6.45) is 9.43. The largest absolute Gasteiger partial charge is 0.376 e. The summed E-state index contributed by atoms with van der Waals surface area (Å²) >= 11 is 0. The van der Waals surface area contributed by atoms with Gasteiger partial charge in [0.1, 0.15) is 12.4 Å². The molecule has 7 nitrogen and oxygen atoms in total. The number of nitrogens with zero attached hydrogens (tertiary/aromatic N) is 4. The maximum atomic E-state index is 12.4. The van der Waals surface area contributed by atoms with Crippen LogP contribution in [0.4, 0.5) is 0 Å². The number of likely N-dealkylation sites (N-methyl/N-ethyl adjacent to an activating group) is 1. The van der Waals surface area contributed by atoms with Crippen molar-refractivity contribution in [3.63, 3.8) is 0 Å². The average Bonchev–Trinajstić information content (AvgIpc) is 3.16. The van der Waals surface area contributed by atoms with Crippen LogP contribution in [-0.4, -0.2) is 84.9 Å². The highest BCUT2D eigenvalue weighted by Gasteiger charge is 2.26. The van der Waals surface area contributed by atoms with Crippen LogP contribution < -0.4 is 0 Å². The number of rotatable bonds is 8. The van der Waals surface area contributed by atoms with E-state index in [0.717, 1.165) is 64.3 Å². The van der Waals surface area contributed by atoms with Gasteiger partial charge in [0.2, 0.25) is 5.91 Å². The van der Waals surface area contributed by atoms with Crippen LogP contribution in [0.3, 0.4) is 0 Å². The van der Waals surface area contributed by atoms with E-state index in [1.165, 1.54) is 6.42 Å². The van der Waals surface area contributed by atoms with Crippen LogP contribution in [0.1, 0.15) is 43.8 Å². The second-order valence-corrected chi connectivity index (χ2v) is 7.94. The molecule has 152 valence electrons. The number of likely N-dealkylation sites (tertiary alicyclic amines) is 1. The lowest BCUT2D eigenvalue weighted by Crippen LogP contribution is -2.41. The third-order valence-corrected chi connectivity index (χ3v) is 5.55. The minimum atomic E-state index is 0.0974. The molecule has 0 spiro atoms. The zero-order chi connectivity index (χ0) is 19.1. The number of carbonyl (C=O) groups is 1. The Morgan fingerprint density at radius 3 is 2.81 bits per heavy atom. The Labute approximate surface area is 162 Å². The highest BCUT2D eigenvalue weighted by Crippen LogP contribution is 2.27. The van der Waals surface area contributed by atoms with Crippen LogP contribution >= 0.6 is 0 Å². The van der Waals surface area contributed by atoms with Crippen molar-refractivity contribution in [2.75, 3.05) is 53.6 Å². The van der Waals surface area contributed by atoms with E-state index in [0.29, 0.717) is 12.5 Å². The van der Waals surface area contributed by atoms with Gasteiger partial charge in [0, 0.05) is 51.1 Å². The maximum Gasteiger partial charge on any atom is 0.248 e. The third-order valence-electron chi connectivity index (χ3n) is 5.55. The van der Waals surface area contributed by atoms with Gasteiger partial charge in [-0.1, -0.05) is 0 Å². The summed E-state index contributed by atoms with van der Waals surface area (Å²) < 4.78 is 13.5. The number of hydrogen-bond acceptors (Lipinski definition) is 5. The molecule has 0 N–H and O–H groups in total. The van der Waals surface area contributed by atoms with Crippen molar-refractivity contribution in [1.82, 2.24) is 19.4 Å². The van der Waals surface area contributed by atoms with Gasteiger partial charge >= 0.3 is 0 Å². The van der Waals surface area contributed by atoms with Gasteiger partial charge in [0.15, 0.2) is 0 Å².